The molecule has 0 bridgehead atoms. The Bertz CT molecular complexity index is 344. The predicted octanol–water partition coefficient (Wildman–Crippen LogP) is 0.951. The Labute approximate surface area is 121 Å². The average molecular weight is 284 g/mol. The second-order valence-electron chi connectivity index (χ2n) is 6.23. The molecule has 5 nitrogen and oxygen atoms in total. The monoisotopic (exact) mass is 284 g/mol. The molecule has 1 fully saturated rings. The minimum atomic E-state index is -0.424. The second kappa shape index (κ2) is 7.74. The first-order valence-corrected chi connectivity index (χ1v) is 7.51. The maximum atomic E-state index is 12.0. The van der Waals surface area contributed by atoms with Gasteiger partial charge in [0.15, 0.2) is 5.78 Å². The summed E-state index contributed by atoms with van der Waals surface area (Å²) < 4.78 is 0. The molecule has 2 N–H and O–H groups in total. The summed E-state index contributed by atoms with van der Waals surface area (Å²) >= 11 is 0. The van der Waals surface area contributed by atoms with Gasteiger partial charge in [0.2, 0.25) is 5.91 Å². The lowest BCUT2D eigenvalue weighted by molar-refractivity contribution is -0.129. The van der Waals surface area contributed by atoms with E-state index < -0.39 is 6.04 Å². The molecule has 5 heteroatoms. The lowest BCUT2D eigenvalue weighted by Gasteiger charge is -2.35. The third-order valence-electron chi connectivity index (χ3n) is 4.07. The summed E-state index contributed by atoms with van der Waals surface area (Å²) in [6, 6.07) is -0.378. The molecule has 0 saturated heterocycles. The van der Waals surface area contributed by atoms with Crippen molar-refractivity contribution in [3.8, 4) is 0 Å². The zero-order valence-corrected chi connectivity index (χ0v) is 13.1. The van der Waals surface area contributed by atoms with Gasteiger partial charge in [-0.3, -0.25) is 14.5 Å². The number of rotatable bonds is 6. The van der Waals surface area contributed by atoms with Crippen LogP contribution in [0, 0.1) is 5.92 Å². The molecule has 1 rings (SSSR count). The third kappa shape index (κ3) is 4.87. The first kappa shape index (κ1) is 17.1. The minimum Gasteiger partial charge on any atom is -0.391 e. The molecule has 0 spiro atoms. The van der Waals surface area contributed by atoms with Gasteiger partial charge in [-0.05, 0) is 32.7 Å². The van der Waals surface area contributed by atoms with Crippen molar-refractivity contribution in [1.82, 2.24) is 10.2 Å². The van der Waals surface area contributed by atoms with E-state index >= 15 is 0 Å². The predicted molar refractivity (Wildman–Crippen MR) is 78.3 cm³/mol. The molecule has 0 heterocycles. The Hall–Kier alpha value is -0.940. The van der Waals surface area contributed by atoms with Gasteiger partial charge in [0.1, 0.15) is 0 Å². The molecule has 0 aliphatic heterocycles. The number of likely N-dealkylation sites (N-methyl/N-ethyl adjacent to an activating group) is 1. The number of ketones is 1. The lowest BCUT2D eigenvalue weighted by Crippen LogP contribution is -2.51. The van der Waals surface area contributed by atoms with Crippen molar-refractivity contribution in [3.05, 3.63) is 0 Å². The van der Waals surface area contributed by atoms with Crippen molar-refractivity contribution in [2.75, 3.05) is 13.6 Å². The molecule has 0 radical (unpaired) electrons. The molecule has 116 valence electrons. The van der Waals surface area contributed by atoms with E-state index in [2.05, 4.69) is 5.32 Å². The summed E-state index contributed by atoms with van der Waals surface area (Å²) in [6.45, 7) is 5.56. The molecule has 3 unspecified atom stereocenters. The number of hydrogen-bond donors (Lipinski definition) is 2. The number of Topliss-reactive ketones (excluding diaryl/α,β-unsaturated/α-hetero) is 1. The number of nitrogens with one attached hydrogen (secondary N) is 1. The van der Waals surface area contributed by atoms with Crippen LogP contribution in [0.3, 0.4) is 0 Å². The molecule has 20 heavy (non-hydrogen) atoms. The molecule has 0 aromatic carbocycles. The number of aliphatic hydroxyl groups excluding tert-OH is 1. The van der Waals surface area contributed by atoms with Crippen LogP contribution in [0.15, 0.2) is 0 Å². The zero-order valence-electron chi connectivity index (χ0n) is 13.1. The van der Waals surface area contributed by atoms with Crippen LogP contribution in [0.4, 0.5) is 0 Å². The largest absolute Gasteiger partial charge is 0.391 e. The molecule has 1 aliphatic rings. The highest BCUT2D eigenvalue weighted by atomic mass is 16.3. The zero-order chi connectivity index (χ0) is 15.3. The normalized spacial score (nSPS) is 24.8. The van der Waals surface area contributed by atoms with Crippen LogP contribution in [0.1, 0.15) is 46.5 Å². The highest BCUT2D eigenvalue weighted by Crippen LogP contribution is 2.22. The third-order valence-corrected chi connectivity index (χ3v) is 4.07. The Morgan fingerprint density at radius 2 is 1.90 bits per heavy atom. The Morgan fingerprint density at radius 1 is 1.30 bits per heavy atom. The van der Waals surface area contributed by atoms with Gasteiger partial charge in [0.25, 0.3) is 0 Å². The first-order valence-electron chi connectivity index (χ1n) is 7.51. The summed E-state index contributed by atoms with van der Waals surface area (Å²) in [5.74, 6) is -0.0881. The van der Waals surface area contributed by atoms with E-state index in [1.165, 1.54) is 6.92 Å². The molecule has 3 atom stereocenters. The van der Waals surface area contributed by atoms with Crippen molar-refractivity contribution in [2.45, 2.75) is 64.6 Å². The Balaban J connectivity index is 2.50. The van der Waals surface area contributed by atoms with Crippen molar-refractivity contribution in [3.63, 3.8) is 0 Å². The van der Waals surface area contributed by atoms with Gasteiger partial charge in [0.05, 0.1) is 18.7 Å². The van der Waals surface area contributed by atoms with Crippen LogP contribution >= 0.6 is 0 Å². The highest BCUT2D eigenvalue weighted by Gasteiger charge is 2.28. The van der Waals surface area contributed by atoms with Gasteiger partial charge in [-0.2, -0.15) is 0 Å². The van der Waals surface area contributed by atoms with Crippen molar-refractivity contribution in [1.29, 1.82) is 0 Å². The van der Waals surface area contributed by atoms with E-state index in [9.17, 15) is 14.7 Å². The van der Waals surface area contributed by atoms with E-state index in [-0.39, 0.29) is 36.3 Å². The number of hydrogen-bond acceptors (Lipinski definition) is 4. The van der Waals surface area contributed by atoms with Crippen molar-refractivity contribution in [2.24, 2.45) is 5.92 Å². The smallest absolute Gasteiger partial charge is 0.234 e. The quantitative estimate of drug-likeness (QED) is 0.762. The second-order valence-corrected chi connectivity index (χ2v) is 6.23. The number of carbonyl (C=O) groups excluding carboxylic acids is 2. The van der Waals surface area contributed by atoms with Crippen molar-refractivity contribution >= 4 is 11.7 Å². The summed E-state index contributed by atoms with van der Waals surface area (Å²) in [4.78, 5) is 25.4. The van der Waals surface area contributed by atoms with Gasteiger partial charge in [0, 0.05) is 6.04 Å². The van der Waals surface area contributed by atoms with Crippen LogP contribution in [0.25, 0.3) is 0 Å². The molecule has 1 aliphatic carbocycles. The summed E-state index contributed by atoms with van der Waals surface area (Å²) in [5.41, 5.74) is 0. The maximum Gasteiger partial charge on any atom is 0.234 e. The number of nitrogens with zero attached hydrogens (tertiary/aromatic N) is 1. The fourth-order valence-corrected chi connectivity index (χ4v) is 2.91. The van der Waals surface area contributed by atoms with Crippen molar-refractivity contribution < 1.29 is 14.7 Å². The molecular formula is C15H28N2O3. The maximum absolute atomic E-state index is 12.0. The van der Waals surface area contributed by atoms with E-state index in [1.807, 2.05) is 25.8 Å². The summed E-state index contributed by atoms with van der Waals surface area (Å²) in [7, 11) is 1.86. The fraction of sp³-hybridized carbons (Fsp3) is 0.867. The minimum absolute atomic E-state index is 0.0197. The van der Waals surface area contributed by atoms with Crippen LogP contribution in [-0.2, 0) is 9.59 Å². The standard InChI is InChI=1S/C15H28N2O3/c1-10(2)15(11(3)18)16-14(20)9-17(4)12-7-5-6-8-13(12)19/h10,12-13,15,19H,5-9H2,1-4H3,(H,16,20). The topological polar surface area (TPSA) is 69.6 Å². The van der Waals surface area contributed by atoms with E-state index in [0.717, 1.165) is 25.7 Å². The van der Waals surface area contributed by atoms with Gasteiger partial charge in [-0.25, -0.2) is 0 Å². The number of aliphatic hydroxyl groups is 1. The Kier molecular flexibility index (Phi) is 6.62. The number of amides is 1. The summed E-state index contributed by atoms with van der Waals surface area (Å²) in [5, 5.41) is 12.8. The van der Waals surface area contributed by atoms with E-state index in [1.54, 1.807) is 0 Å². The average Bonchev–Trinajstić information content (AvgIpc) is 2.35. The van der Waals surface area contributed by atoms with Crippen LogP contribution in [0.2, 0.25) is 0 Å². The SMILES string of the molecule is CC(=O)C(NC(=O)CN(C)C1CCCCC1O)C(C)C. The van der Waals surface area contributed by atoms with E-state index in [4.69, 9.17) is 0 Å². The molecule has 1 saturated carbocycles. The number of carbonyl (C=O) groups is 2. The van der Waals surface area contributed by atoms with Gasteiger partial charge < -0.3 is 10.4 Å². The summed E-state index contributed by atoms with van der Waals surface area (Å²) in [6.07, 6.45) is 3.52. The van der Waals surface area contributed by atoms with E-state index in [0.29, 0.717) is 0 Å². The van der Waals surface area contributed by atoms with Gasteiger partial charge >= 0.3 is 0 Å². The fourth-order valence-electron chi connectivity index (χ4n) is 2.91. The lowest BCUT2D eigenvalue weighted by atomic mass is 9.91. The highest BCUT2D eigenvalue weighted by molar-refractivity contribution is 5.88. The molecule has 0 aromatic rings. The van der Waals surface area contributed by atoms with Crippen LogP contribution in [0.5, 0.6) is 0 Å². The molecular weight excluding hydrogens is 256 g/mol. The van der Waals surface area contributed by atoms with Gasteiger partial charge in [-0.1, -0.05) is 26.7 Å². The first-order chi connectivity index (χ1) is 9.32. The molecule has 0 aromatic heterocycles. The van der Waals surface area contributed by atoms with Crippen LogP contribution in [-0.4, -0.2) is 53.5 Å². The Morgan fingerprint density at radius 3 is 2.40 bits per heavy atom. The molecule has 1 amide bonds. The van der Waals surface area contributed by atoms with Crippen LogP contribution < -0.4 is 5.32 Å². The van der Waals surface area contributed by atoms with Gasteiger partial charge in [-0.15, -0.1) is 0 Å².